The van der Waals surface area contributed by atoms with Gasteiger partial charge in [0, 0.05) is 38.3 Å². The molecule has 0 aliphatic carbocycles. The van der Waals surface area contributed by atoms with E-state index in [1.165, 1.54) is 0 Å². The summed E-state index contributed by atoms with van der Waals surface area (Å²) in [5.41, 5.74) is 5.94. The van der Waals surface area contributed by atoms with Crippen LogP contribution >= 0.6 is 0 Å². The molecular weight excluding hydrogens is 242 g/mol. The maximum atomic E-state index is 5.94. The lowest BCUT2D eigenvalue weighted by Gasteiger charge is -2.32. The lowest BCUT2D eigenvalue weighted by molar-refractivity contribution is 0.122. The maximum absolute atomic E-state index is 5.94. The van der Waals surface area contributed by atoms with E-state index in [2.05, 4.69) is 25.8 Å². The van der Waals surface area contributed by atoms with E-state index in [0.29, 0.717) is 6.04 Å². The van der Waals surface area contributed by atoms with Crippen LogP contribution in [0.25, 0.3) is 0 Å². The van der Waals surface area contributed by atoms with E-state index in [4.69, 9.17) is 10.5 Å². The topological polar surface area (TPSA) is 67.5 Å². The molecule has 0 unspecified atom stereocenters. The standard InChI is InChI=1S/C13H21N5O/c14-11-1-3-17(4-2-11)12-9-13(16-10-15-12)18-5-7-19-8-6-18/h9-11H,1-8,14H2. The van der Waals surface area contributed by atoms with Gasteiger partial charge in [0.25, 0.3) is 0 Å². The van der Waals surface area contributed by atoms with Crippen LogP contribution in [-0.4, -0.2) is 55.4 Å². The Morgan fingerprint density at radius 3 is 2.21 bits per heavy atom. The van der Waals surface area contributed by atoms with Crippen LogP contribution in [-0.2, 0) is 4.74 Å². The molecule has 0 bridgehead atoms. The van der Waals surface area contributed by atoms with Gasteiger partial charge in [-0.05, 0) is 12.8 Å². The van der Waals surface area contributed by atoms with E-state index in [-0.39, 0.29) is 0 Å². The van der Waals surface area contributed by atoms with Gasteiger partial charge in [-0.1, -0.05) is 0 Å². The number of aromatic nitrogens is 2. The number of rotatable bonds is 2. The first kappa shape index (κ1) is 12.6. The molecule has 0 atom stereocenters. The van der Waals surface area contributed by atoms with Gasteiger partial charge < -0.3 is 20.3 Å². The fourth-order valence-electron chi connectivity index (χ4n) is 2.60. The molecule has 2 saturated heterocycles. The maximum Gasteiger partial charge on any atom is 0.134 e. The lowest BCUT2D eigenvalue weighted by Crippen LogP contribution is -2.40. The summed E-state index contributed by atoms with van der Waals surface area (Å²) < 4.78 is 5.37. The predicted molar refractivity (Wildman–Crippen MR) is 74.5 cm³/mol. The first-order valence-electron chi connectivity index (χ1n) is 6.98. The van der Waals surface area contributed by atoms with Gasteiger partial charge in [0.2, 0.25) is 0 Å². The summed E-state index contributed by atoms with van der Waals surface area (Å²) in [6.45, 7) is 5.33. The normalized spacial score (nSPS) is 21.7. The Hall–Kier alpha value is -1.40. The fraction of sp³-hybridized carbons (Fsp3) is 0.692. The highest BCUT2D eigenvalue weighted by atomic mass is 16.5. The van der Waals surface area contributed by atoms with Crippen molar-refractivity contribution in [2.45, 2.75) is 18.9 Å². The average molecular weight is 263 g/mol. The molecule has 0 saturated carbocycles. The van der Waals surface area contributed by atoms with E-state index < -0.39 is 0 Å². The summed E-state index contributed by atoms with van der Waals surface area (Å²) >= 11 is 0. The summed E-state index contributed by atoms with van der Waals surface area (Å²) in [6.07, 6.45) is 3.74. The van der Waals surface area contributed by atoms with Crippen LogP contribution < -0.4 is 15.5 Å². The van der Waals surface area contributed by atoms with Crippen molar-refractivity contribution in [2.75, 3.05) is 49.2 Å². The quantitative estimate of drug-likeness (QED) is 0.824. The fourth-order valence-corrected chi connectivity index (χ4v) is 2.60. The zero-order valence-electron chi connectivity index (χ0n) is 11.2. The number of ether oxygens (including phenoxy) is 1. The molecule has 2 aliphatic rings. The first-order chi connectivity index (χ1) is 9.33. The highest BCUT2D eigenvalue weighted by Gasteiger charge is 2.19. The molecule has 2 N–H and O–H groups in total. The highest BCUT2D eigenvalue weighted by Crippen LogP contribution is 2.21. The molecule has 0 aromatic carbocycles. The molecule has 0 radical (unpaired) electrons. The zero-order valence-corrected chi connectivity index (χ0v) is 11.2. The van der Waals surface area contributed by atoms with Gasteiger partial charge in [0.15, 0.2) is 0 Å². The average Bonchev–Trinajstić information content (AvgIpc) is 2.49. The molecule has 0 amide bonds. The van der Waals surface area contributed by atoms with Crippen LogP contribution in [0.3, 0.4) is 0 Å². The molecule has 2 fully saturated rings. The van der Waals surface area contributed by atoms with E-state index in [1.807, 2.05) is 0 Å². The van der Waals surface area contributed by atoms with Crippen LogP contribution in [0.2, 0.25) is 0 Å². The molecule has 0 spiro atoms. The molecule has 3 rings (SSSR count). The van der Waals surface area contributed by atoms with Crippen LogP contribution in [0.1, 0.15) is 12.8 Å². The highest BCUT2D eigenvalue weighted by molar-refractivity contribution is 5.50. The molecule has 2 aliphatic heterocycles. The Morgan fingerprint density at radius 2 is 1.58 bits per heavy atom. The summed E-state index contributed by atoms with van der Waals surface area (Å²) in [7, 11) is 0. The van der Waals surface area contributed by atoms with Crippen molar-refractivity contribution in [3.8, 4) is 0 Å². The number of piperidine rings is 1. The Kier molecular flexibility index (Phi) is 3.79. The SMILES string of the molecule is NC1CCN(c2cc(N3CCOCC3)ncn2)CC1. The van der Waals surface area contributed by atoms with Gasteiger partial charge in [-0.3, -0.25) is 0 Å². The summed E-state index contributed by atoms with van der Waals surface area (Å²) in [4.78, 5) is 13.3. The molecule has 3 heterocycles. The summed E-state index contributed by atoms with van der Waals surface area (Å²) in [5.74, 6) is 2.02. The van der Waals surface area contributed by atoms with Crippen molar-refractivity contribution in [3.05, 3.63) is 12.4 Å². The second-order valence-corrected chi connectivity index (χ2v) is 5.16. The van der Waals surface area contributed by atoms with Gasteiger partial charge in [-0.25, -0.2) is 9.97 Å². The Bertz CT molecular complexity index is 413. The van der Waals surface area contributed by atoms with Crippen molar-refractivity contribution in [1.29, 1.82) is 0 Å². The van der Waals surface area contributed by atoms with Crippen LogP contribution in [0, 0.1) is 0 Å². The Labute approximate surface area is 113 Å². The molecule has 104 valence electrons. The van der Waals surface area contributed by atoms with Gasteiger partial charge in [-0.2, -0.15) is 0 Å². The number of hydrogen-bond acceptors (Lipinski definition) is 6. The molecule has 19 heavy (non-hydrogen) atoms. The number of nitrogens with zero attached hydrogens (tertiary/aromatic N) is 4. The van der Waals surface area contributed by atoms with E-state index >= 15 is 0 Å². The van der Waals surface area contributed by atoms with Crippen molar-refractivity contribution in [3.63, 3.8) is 0 Å². The van der Waals surface area contributed by atoms with E-state index in [1.54, 1.807) is 6.33 Å². The van der Waals surface area contributed by atoms with Crippen LogP contribution in [0.4, 0.5) is 11.6 Å². The lowest BCUT2D eigenvalue weighted by atomic mass is 10.1. The predicted octanol–water partition coefficient (Wildman–Crippen LogP) is 0.241. The Morgan fingerprint density at radius 1 is 1.00 bits per heavy atom. The second kappa shape index (κ2) is 5.71. The zero-order chi connectivity index (χ0) is 13.1. The molecule has 6 nitrogen and oxygen atoms in total. The van der Waals surface area contributed by atoms with Gasteiger partial charge in [0.05, 0.1) is 13.2 Å². The molecule has 1 aromatic heterocycles. The number of nitrogens with two attached hydrogens (primary N) is 1. The number of hydrogen-bond donors (Lipinski definition) is 1. The molecule has 6 heteroatoms. The largest absolute Gasteiger partial charge is 0.378 e. The van der Waals surface area contributed by atoms with Crippen LogP contribution in [0.5, 0.6) is 0 Å². The van der Waals surface area contributed by atoms with Gasteiger partial charge in [0.1, 0.15) is 18.0 Å². The molecular formula is C13H21N5O. The monoisotopic (exact) mass is 263 g/mol. The first-order valence-corrected chi connectivity index (χ1v) is 6.98. The minimum atomic E-state index is 0.344. The Balaban J connectivity index is 1.72. The van der Waals surface area contributed by atoms with Gasteiger partial charge >= 0.3 is 0 Å². The van der Waals surface area contributed by atoms with Crippen molar-refractivity contribution in [2.24, 2.45) is 5.73 Å². The van der Waals surface area contributed by atoms with Gasteiger partial charge in [-0.15, -0.1) is 0 Å². The minimum absolute atomic E-state index is 0.344. The van der Waals surface area contributed by atoms with E-state index in [0.717, 1.165) is 63.9 Å². The summed E-state index contributed by atoms with van der Waals surface area (Å²) in [5, 5.41) is 0. The third kappa shape index (κ3) is 2.96. The minimum Gasteiger partial charge on any atom is -0.378 e. The van der Waals surface area contributed by atoms with Crippen molar-refractivity contribution in [1.82, 2.24) is 9.97 Å². The number of anilines is 2. The third-order valence-corrected chi connectivity index (χ3v) is 3.84. The van der Waals surface area contributed by atoms with E-state index in [9.17, 15) is 0 Å². The van der Waals surface area contributed by atoms with Crippen LogP contribution in [0.15, 0.2) is 12.4 Å². The van der Waals surface area contributed by atoms with Crippen molar-refractivity contribution < 1.29 is 4.74 Å². The van der Waals surface area contributed by atoms with Crippen molar-refractivity contribution >= 4 is 11.6 Å². The summed E-state index contributed by atoms with van der Waals surface area (Å²) in [6, 6.07) is 2.43. The second-order valence-electron chi connectivity index (χ2n) is 5.16. The molecule has 1 aromatic rings. The third-order valence-electron chi connectivity index (χ3n) is 3.84. The number of morpholine rings is 1. The smallest absolute Gasteiger partial charge is 0.134 e.